The van der Waals surface area contributed by atoms with E-state index in [1.54, 1.807) is 31.2 Å². The topological polar surface area (TPSA) is 46.2 Å². The average Bonchev–Trinajstić information content (AvgIpc) is 3.01. The van der Waals surface area contributed by atoms with Crippen molar-refractivity contribution in [1.29, 1.82) is 0 Å². The highest BCUT2D eigenvalue weighted by Crippen LogP contribution is 2.50. The lowest BCUT2D eigenvalue weighted by Crippen LogP contribution is -2.34. The number of amides is 2. The van der Waals surface area contributed by atoms with Gasteiger partial charge in [0.2, 0.25) is 0 Å². The first-order valence-electron chi connectivity index (χ1n) is 10.8. The van der Waals surface area contributed by atoms with Crippen molar-refractivity contribution in [2.24, 2.45) is 0 Å². The number of rotatable bonds is 2. The molecule has 7 heteroatoms. The number of alkyl halides is 3. The highest BCUT2D eigenvalue weighted by atomic mass is 32.2. The van der Waals surface area contributed by atoms with Gasteiger partial charge in [-0.2, -0.15) is 13.2 Å². The van der Waals surface area contributed by atoms with Crippen molar-refractivity contribution in [3.8, 4) is 11.1 Å². The van der Waals surface area contributed by atoms with Gasteiger partial charge in [-0.05, 0) is 93.9 Å². The second kappa shape index (κ2) is 7.76. The van der Waals surface area contributed by atoms with E-state index in [-0.39, 0.29) is 21.3 Å². The zero-order chi connectivity index (χ0) is 24.3. The van der Waals surface area contributed by atoms with Gasteiger partial charge in [-0.3, -0.25) is 14.9 Å². The molecule has 33 heavy (non-hydrogen) atoms. The molecule has 1 heterocycles. The SMILES string of the molecule is Cc1cccc(C=C2SC(=O)NC2=O)c1-c1cc2c(cc1C(F)(F)F)C(C)(C)CCC2(C)C. The Morgan fingerprint density at radius 3 is 2.15 bits per heavy atom. The van der Waals surface area contributed by atoms with Crippen molar-refractivity contribution >= 4 is 29.0 Å². The Hall–Kier alpha value is -2.54. The van der Waals surface area contributed by atoms with Crippen LogP contribution >= 0.6 is 11.8 Å². The number of carbonyl (C=O) groups is 2. The van der Waals surface area contributed by atoms with Crippen molar-refractivity contribution in [3.05, 3.63) is 63.1 Å². The zero-order valence-electron chi connectivity index (χ0n) is 19.2. The predicted molar refractivity (Wildman–Crippen MR) is 126 cm³/mol. The molecule has 0 aromatic heterocycles. The first kappa shape index (κ1) is 23.6. The van der Waals surface area contributed by atoms with Crippen LogP contribution < -0.4 is 5.32 Å². The number of thioether (sulfide) groups is 1. The summed E-state index contributed by atoms with van der Waals surface area (Å²) < 4.78 is 43.2. The van der Waals surface area contributed by atoms with E-state index in [9.17, 15) is 22.8 Å². The van der Waals surface area contributed by atoms with Crippen LogP contribution in [0, 0.1) is 6.92 Å². The quantitative estimate of drug-likeness (QED) is 0.464. The molecule has 2 aliphatic rings. The maximum atomic E-state index is 14.4. The Morgan fingerprint density at radius 1 is 1.00 bits per heavy atom. The Kier molecular flexibility index (Phi) is 5.55. The van der Waals surface area contributed by atoms with Crippen molar-refractivity contribution in [2.45, 2.75) is 64.5 Å². The summed E-state index contributed by atoms with van der Waals surface area (Å²) in [5.74, 6) is -0.540. The van der Waals surface area contributed by atoms with E-state index in [1.165, 1.54) is 12.1 Å². The standard InChI is InChI=1S/C26H26F3NO2S/c1-14-7-6-8-15(11-20-22(31)30-23(32)33-20)21(14)16-12-18-19(13-17(16)26(27,28)29)25(4,5)10-9-24(18,2)3/h6-8,11-13H,9-10H2,1-5H3,(H,30,31,32). The van der Waals surface area contributed by atoms with Crippen molar-refractivity contribution in [1.82, 2.24) is 5.32 Å². The summed E-state index contributed by atoms with van der Waals surface area (Å²) >= 11 is 0.750. The van der Waals surface area contributed by atoms with Crippen LogP contribution in [0.15, 0.2) is 35.2 Å². The fraction of sp³-hybridized carbons (Fsp3) is 0.385. The summed E-state index contributed by atoms with van der Waals surface area (Å²) in [5.41, 5.74) is 2.01. The minimum absolute atomic E-state index is 0.103. The van der Waals surface area contributed by atoms with Crippen molar-refractivity contribution in [3.63, 3.8) is 0 Å². The van der Waals surface area contributed by atoms with Crippen LogP contribution in [-0.2, 0) is 21.8 Å². The van der Waals surface area contributed by atoms with E-state index in [0.717, 1.165) is 35.7 Å². The molecule has 2 aromatic carbocycles. The number of imide groups is 1. The molecule has 174 valence electrons. The lowest BCUT2D eigenvalue weighted by molar-refractivity contribution is -0.137. The molecule has 1 aliphatic carbocycles. The third-order valence-electron chi connectivity index (χ3n) is 6.80. The smallest absolute Gasteiger partial charge is 0.282 e. The molecule has 2 aromatic rings. The zero-order valence-corrected chi connectivity index (χ0v) is 20.1. The van der Waals surface area contributed by atoms with Crippen LogP contribution in [0.1, 0.15) is 68.4 Å². The average molecular weight is 474 g/mol. The summed E-state index contributed by atoms with van der Waals surface area (Å²) in [6.07, 6.45) is -1.36. The molecule has 1 saturated heterocycles. The predicted octanol–water partition coefficient (Wildman–Crippen LogP) is 7.35. The van der Waals surface area contributed by atoms with E-state index in [0.29, 0.717) is 16.7 Å². The van der Waals surface area contributed by atoms with Crippen LogP contribution in [0.2, 0.25) is 0 Å². The summed E-state index contributed by atoms with van der Waals surface area (Å²) in [6.45, 7) is 9.90. The molecule has 1 N–H and O–H groups in total. The van der Waals surface area contributed by atoms with Gasteiger partial charge in [0.05, 0.1) is 10.5 Å². The highest BCUT2D eigenvalue weighted by Gasteiger charge is 2.42. The first-order valence-corrected chi connectivity index (χ1v) is 11.6. The molecule has 4 rings (SSSR count). The van der Waals surface area contributed by atoms with Gasteiger partial charge in [0.1, 0.15) is 0 Å². The first-order chi connectivity index (χ1) is 15.2. The number of aryl methyl sites for hydroxylation is 1. The number of hydrogen-bond acceptors (Lipinski definition) is 3. The molecule has 0 saturated carbocycles. The van der Waals surface area contributed by atoms with Gasteiger partial charge >= 0.3 is 6.18 Å². The molecule has 3 nitrogen and oxygen atoms in total. The molecule has 0 spiro atoms. The van der Waals surface area contributed by atoms with Gasteiger partial charge in [-0.25, -0.2) is 0 Å². The van der Waals surface area contributed by atoms with E-state index in [2.05, 4.69) is 19.2 Å². The minimum Gasteiger partial charge on any atom is -0.282 e. The molecule has 2 amide bonds. The maximum Gasteiger partial charge on any atom is 0.417 e. The number of fused-ring (bicyclic) bond motifs is 1. The molecule has 0 bridgehead atoms. The third kappa shape index (κ3) is 4.23. The van der Waals surface area contributed by atoms with E-state index >= 15 is 0 Å². The van der Waals surface area contributed by atoms with Crippen molar-refractivity contribution < 1.29 is 22.8 Å². The minimum atomic E-state index is -4.55. The summed E-state index contributed by atoms with van der Waals surface area (Å²) in [5, 5.41) is 1.70. The Bertz CT molecular complexity index is 1210. The van der Waals surface area contributed by atoms with Gasteiger partial charge in [-0.1, -0.05) is 45.9 Å². The van der Waals surface area contributed by atoms with Gasteiger partial charge in [0.25, 0.3) is 11.1 Å². The third-order valence-corrected chi connectivity index (χ3v) is 7.61. The van der Waals surface area contributed by atoms with E-state index in [4.69, 9.17) is 0 Å². The molecule has 0 radical (unpaired) electrons. The summed E-state index contributed by atoms with van der Waals surface area (Å²) in [6, 6.07) is 8.22. The van der Waals surface area contributed by atoms with Crippen LogP contribution in [0.3, 0.4) is 0 Å². The number of benzene rings is 2. The molecular formula is C26H26F3NO2S. The second-order valence-electron chi connectivity index (χ2n) is 10.1. The second-order valence-corrected chi connectivity index (χ2v) is 11.1. The van der Waals surface area contributed by atoms with Crippen LogP contribution in [0.5, 0.6) is 0 Å². The van der Waals surface area contributed by atoms with Gasteiger partial charge in [-0.15, -0.1) is 0 Å². The van der Waals surface area contributed by atoms with E-state index < -0.39 is 22.9 Å². The number of carbonyl (C=O) groups excluding carboxylic acids is 2. The van der Waals surface area contributed by atoms with Crippen molar-refractivity contribution in [2.75, 3.05) is 0 Å². The van der Waals surface area contributed by atoms with Gasteiger partial charge in [0.15, 0.2) is 0 Å². The molecule has 0 unspecified atom stereocenters. The normalized spacial score (nSPS) is 20.7. The molecule has 0 atom stereocenters. The number of nitrogens with one attached hydrogen (secondary N) is 1. The van der Waals surface area contributed by atoms with E-state index in [1.807, 2.05) is 13.8 Å². The van der Waals surface area contributed by atoms with Crippen LogP contribution in [-0.4, -0.2) is 11.1 Å². The summed E-state index contributed by atoms with van der Waals surface area (Å²) in [4.78, 5) is 23.9. The number of halogens is 3. The highest BCUT2D eigenvalue weighted by molar-refractivity contribution is 8.18. The molecule has 1 fully saturated rings. The lowest BCUT2D eigenvalue weighted by Gasteiger charge is -2.42. The molecule has 1 aliphatic heterocycles. The van der Waals surface area contributed by atoms with Gasteiger partial charge < -0.3 is 0 Å². The number of hydrogen-bond donors (Lipinski definition) is 1. The monoisotopic (exact) mass is 473 g/mol. The summed E-state index contributed by atoms with van der Waals surface area (Å²) in [7, 11) is 0. The van der Waals surface area contributed by atoms with Crippen LogP contribution in [0.4, 0.5) is 18.0 Å². The Balaban J connectivity index is 2.04. The van der Waals surface area contributed by atoms with Gasteiger partial charge in [0, 0.05) is 0 Å². The van der Waals surface area contributed by atoms with Crippen LogP contribution in [0.25, 0.3) is 17.2 Å². The lowest BCUT2D eigenvalue weighted by atomic mass is 9.62. The fourth-order valence-electron chi connectivity index (χ4n) is 4.80. The fourth-order valence-corrected chi connectivity index (χ4v) is 5.47. The largest absolute Gasteiger partial charge is 0.417 e. The Morgan fingerprint density at radius 2 is 1.61 bits per heavy atom. The molecular weight excluding hydrogens is 447 g/mol. The Labute approximate surface area is 195 Å². The maximum absolute atomic E-state index is 14.4.